The van der Waals surface area contributed by atoms with E-state index in [9.17, 15) is 29.1 Å². The Morgan fingerprint density at radius 3 is 2.03 bits per heavy atom. The van der Waals surface area contributed by atoms with Gasteiger partial charge in [-0.2, -0.15) is 0 Å². The average Bonchev–Trinajstić information content (AvgIpc) is 2.84. The lowest BCUT2D eigenvalue weighted by Gasteiger charge is -2.27. The van der Waals surface area contributed by atoms with Crippen LogP contribution in [0.3, 0.4) is 0 Å². The van der Waals surface area contributed by atoms with Gasteiger partial charge in [0, 0.05) is 6.42 Å². The zero-order valence-electron chi connectivity index (χ0n) is 21.4. The van der Waals surface area contributed by atoms with Crippen LogP contribution in [-0.4, -0.2) is 65.4 Å². The first kappa shape index (κ1) is 31.5. The minimum absolute atomic E-state index is 0.188. The number of nitrogens with two attached hydrogens (primary N) is 3. The SMILES string of the molecule is CC(C)C(NC(=O)C(CCCCN)NC(=O)C(N)Cc1ccccc1)C(=O)NC(CCC(N)=O)C(=O)O. The molecule has 0 fully saturated rings. The number of benzene rings is 1. The molecule has 0 aliphatic rings. The van der Waals surface area contributed by atoms with Crippen molar-refractivity contribution in [3.8, 4) is 0 Å². The van der Waals surface area contributed by atoms with Crippen LogP contribution < -0.4 is 33.2 Å². The van der Waals surface area contributed by atoms with E-state index in [0.717, 1.165) is 5.56 Å². The Morgan fingerprint density at radius 1 is 0.865 bits per heavy atom. The molecule has 4 amide bonds. The molecule has 0 bridgehead atoms. The van der Waals surface area contributed by atoms with Crippen LogP contribution in [0.2, 0.25) is 0 Å². The van der Waals surface area contributed by atoms with Gasteiger partial charge in [-0.3, -0.25) is 19.2 Å². The summed E-state index contributed by atoms with van der Waals surface area (Å²) in [5, 5.41) is 17.0. The van der Waals surface area contributed by atoms with Crippen molar-refractivity contribution in [3.05, 3.63) is 35.9 Å². The van der Waals surface area contributed by atoms with Gasteiger partial charge in [-0.15, -0.1) is 0 Å². The van der Waals surface area contributed by atoms with Gasteiger partial charge >= 0.3 is 5.97 Å². The number of nitrogens with one attached hydrogen (secondary N) is 3. The number of carbonyl (C=O) groups excluding carboxylic acids is 4. The molecule has 1 aromatic rings. The van der Waals surface area contributed by atoms with E-state index in [1.807, 2.05) is 30.3 Å². The Hall–Kier alpha value is -3.51. The number of hydrogen-bond donors (Lipinski definition) is 7. The number of hydrogen-bond acceptors (Lipinski definition) is 7. The van der Waals surface area contributed by atoms with E-state index < -0.39 is 59.7 Å². The molecule has 37 heavy (non-hydrogen) atoms. The van der Waals surface area contributed by atoms with Crippen LogP contribution in [0, 0.1) is 5.92 Å². The number of rotatable bonds is 17. The maximum Gasteiger partial charge on any atom is 0.326 e. The maximum atomic E-state index is 13.2. The Kier molecular flexibility index (Phi) is 13.9. The van der Waals surface area contributed by atoms with Crippen molar-refractivity contribution in [1.82, 2.24) is 16.0 Å². The largest absolute Gasteiger partial charge is 0.480 e. The van der Waals surface area contributed by atoms with Crippen LogP contribution in [0.15, 0.2) is 30.3 Å². The van der Waals surface area contributed by atoms with Gasteiger partial charge in [0.05, 0.1) is 6.04 Å². The minimum Gasteiger partial charge on any atom is -0.480 e. The van der Waals surface area contributed by atoms with Crippen LogP contribution in [0.1, 0.15) is 51.5 Å². The highest BCUT2D eigenvalue weighted by molar-refractivity contribution is 5.94. The lowest BCUT2D eigenvalue weighted by molar-refractivity contribution is -0.143. The molecule has 0 spiro atoms. The van der Waals surface area contributed by atoms with Crippen molar-refractivity contribution in [2.24, 2.45) is 23.1 Å². The normalized spacial score (nSPS) is 14.2. The highest BCUT2D eigenvalue weighted by Crippen LogP contribution is 2.09. The molecule has 12 nitrogen and oxygen atoms in total. The summed E-state index contributed by atoms with van der Waals surface area (Å²) in [6, 6.07) is 4.91. The third kappa shape index (κ3) is 11.8. The number of primary amides is 1. The first-order valence-corrected chi connectivity index (χ1v) is 12.4. The Morgan fingerprint density at radius 2 is 1.49 bits per heavy atom. The summed E-state index contributed by atoms with van der Waals surface area (Å²) < 4.78 is 0. The van der Waals surface area contributed by atoms with E-state index in [2.05, 4.69) is 16.0 Å². The minimum atomic E-state index is -1.35. The molecule has 206 valence electrons. The summed E-state index contributed by atoms with van der Waals surface area (Å²) in [7, 11) is 0. The molecule has 4 unspecified atom stereocenters. The lowest BCUT2D eigenvalue weighted by atomic mass is 10.0. The number of unbranched alkanes of at least 4 members (excludes halogenated alkanes) is 1. The third-order valence-corrected chi connectivity index (χ3v) is 5.76. The van der Waals surface area contributed by atoms with Gasteiger partial charge in [0.25, 0.3) is 0 Å². The fraction of sp³-hybridized carbons (Fsp3) is 0.560. The Balaban J connectivity index is 2.92. The molecular formula is C25H40N6O6. The van der Waals surface area contributed by atoms with Crippen LogP contribution in [0.25, 0.3) is 0 Å². The predicted molar refractivity (Wildman–Crippen MR) is 138 cm³/mol. The monoisotopic (exact) mass is 520 g/mol. The summed E-state index contributed by atoms with van der Waals surface area (Å²) in [5.74, 6) is -4.28. The van der Waals surface area contributed by atoms with Crippen molar-refractivity contribution < 1.29 is 29.1 Å². The standard InChI is InChI=1S/C25H40N6O6/c1-15(2)21(24(35)30-19(25(36)37)11-12-20(28)32)31-23(34)18(10-6-7-13-26)29-22(33)17(27)14-16-8-4-3-5-9-16/h3-5,8-9,15,17-19,21H,6-7,10-14,26-27H2,1-2H3,(H2,28,32)(H,29,33)(H,30,35)(H,31,34)(H,36,37). The van der Waals surface area contributed by atoms with E-state index in [-0.39, 0.29) is 25.7 Å². The summed E-state index contributed by atoms with van der Waals surface area (Å²) in [6.07, 6.45) is 1.32. The van der Waals surface area contributed by atoms with Crippen molar-refractivity contribution in [1.29, 1.82) is 0 Å². The average molecular weight is 521 g/mol. The molecular weight excluding hydrogens is 480 g/mol. The molecule has 4 atom stereocenters. The maximum absolute atomic E-state index is 13.2. The number of carboxylic acids is 1. The van der Waals surface area contributed by atoms with E-state index in [0.29, 0.717) is 19.4 Å². The molecule has 0 saturated heterocycles. The second kappa shape index (κ2) is 16.3. The fourth-order valence-corrected chi connectivity index (χ4v) is 3.60. The first-order valence-electron chi connectivity index (χ1n) is 12.4. The smallest absolute Gasteiger partial charge is 0.326 e. The van der Waals surface area contributed by atoms with Crippen LogP contribution >= 0.6 is 0 Å². The predicted octanol–water partition coefficient (Wildman–Crippen LogP) is -0.854. The second-order valence-corrected chi connectivity index (χ2v) is 9.28. The molecule has 0 heterocycles. The van der Waals surface area contributed by atoms with Gasteiger partial charge in [-0.1, -0.05) is 44.2 Å². The Bertz CT molecular complexity index is 910. The third-order valence-electron chi connectivity index (χ3n) is 5.76. The zero-order chi connectivity index (χ0) is 28.0. The zero-order valence-corrected chi connectivity index (χ0v) is 21.4. The van der Waals surface area contributed by atoms with Crippen LogP contribution in [0.4, 0.5) is 0 Å². The van der Waals surface area contributed by atoms with Gasteiger partial charge < -0.3 is 38.3 Å². The molecule has 0 saturated carbocycles. The van der Waals surface area contributed by atoms with Crippen molar-refractivity contribution in [3.63, 3.8) is 0 Å². The van der Waals surface area contributed by atoms with E-state index in [1.54, 1.807) is 13.8 Å². The van der Waals surface area contributed by atoms with Gasteiger partial charge in [0.1, 0.15) is 18.1 Å². The van der Waals surface area contributed by atoms with Gasteiger partial charge in [0.2, 0.25) is 23.6 Å². The van der Waals surface area contributed by atoms with Crippen molar-refractivity contribution in [2.75, 3.05) is 6.54 Å². The summed E-state index contributed by atoms with van der Waals surface area (Å²) in [5.41, 5.74) is 17.6. The molecule has 12 heteroatoms. The molecule has 1 rings (SSSR count). The second-order valence-electron chi connectivity index (χ2n) is 9.28. The van der Waals surface area contributed by atoms with E-state index in [4.69, 9.17) is 17.2 Å². The van der Waals surface area contributed by atoms with Gasteiger partial charge in [0.15, 0.2) is 0 Å². The quantitative estimate of drug-likeness (QED) is 0.128. The van der Waals surface area contributed by atoms with Gasteiger partial charge in [-0.05, 0) is 50.1 Å². The molecule has 10 N–H and O–H groups in total. The van der Waals surface area contributed by atoms with Gasteiger partial charge in [-0.25, -0.2) is 4.79 Å². The number of aliphatic carboxylic acids is 1. The molecule has 0 aliphatic heterocycles. The molecule has 0 aliphatic carbocycles. The number of carboxylic acid groups (broad SMARTS) is 1. The fourth-order valence-electron chi connectivity index (χ4n) is 3.60. The lowest BCUT2D eigenvalue weighted by Crippen LogP contribution is -2.58. The highest BCUT2D eigenvalue weighted by atomic mass is 16.4. The van der Waals surface area contributed by atoms with Crippen molar-refractivity contribution >= 4 is 29.6 Å². The number of amides is 4. The summed E-state index contributed by atoms with van der Waals surface area (Å²) in [4.78, 5) is 61.3. The molecule has 0 radical (unpaired) electrons. The molecule has 0 aromatic heterocycles. The Labute approximate surface area is 217 Å². The number of carbonyl (C=O) groups is 5. The van der Waals surface area contributed by atoms with Crippen molar-refractivity contribution in [2.45, 2.75) is 76.5 Å². The van der Waals surface area contributed by atoms with E-state index in [1.165, 1.54) is 0 Å². The first-order chi connectivity index (χ1) is 17.5. The van der Waals surface area contributed by atoms with Crippen LogP contribution in [0.5, 0.6) is 0 Å². The van der Waals surface area contributed by atoms with Crippen LogP contribution in [-0.2, 0) is 30.4 Å². The topological polar surface area (TPSA) is 220 Å². The summed E-state index contributed by atoms with van der Waals surface area (Å²) in [6.45, 7) is 3.78. The van der Waals surface area contributed by atoms with E-state index >= 15 is 0 Å². The highest BCUT2D eigenvalue weighted by Gasteiger charge is 2.31. The summed E-state index contributed by atoms with van der Waals surface area (Å²) >= 11 is 0. The molecule has 1 aromatic carbocycles.